The largest absolute Gasteiger partial charge is 0.388 e. The molecule has 11 heteroatoms. The number of nitrogens with one attached hydrogen (secondary N) is 1. The molecule has 3 fully saturated rings. The van der Waals surface area contributed by atoms with Gasteiger partial charge in [-0.05, 0) is 77.4 Å². The molecule has 2 aromatic heterocycles. The number of hydrogen-bond acceptors (Lipinski definition) is 8. The van der Waals surface area contributed by atoms with Crippen LogP contribution in [0.4, 0.5) is 5.95 Å². The first-order chi connectivity index (χ1) is 17.7. The van der Waals surface area contributed by atoms with Crippen molar-refractivity contribution >= 4 is 27.0 Å². The van der Waals surface area contributed by atoms with Gasteiger partial charge in [0.25, 0.3) is 5.56 Å². The van der Waals surface area contributed by atoms with Crippen LogP contribution in [0.15, 0.2) is 34.6 Å². The first-order valence-electron chi connectivity index (χ1n) is 13.5. The third-order valence-electron chi connectivity index (χ3n) is 8.08. The fourth-order valence-corrected chi connectivity index (χ4v) is 7.19. The summed E-state index contributed by atoms with van der Waals surface area (Å²) in [5.74, 6) is 0.410. The Bertz CT molecular complexity index is 1290. The molecule has 0 spiro atoms. The maximum Gasteiger partial charge on any atom is 0.252 e. The fraction of sp³-hybridized carbons (Fsp3) is 0.654. The summed E-state index contributed by atoms with van der Waals surface area (Å²) in [4.78, 5) is 24.3. The van der Waals surface area contributed by atoms with Crippen molar-refractivity contribution in [3.8, 4) is 0 Å². The van der Waals surface area contributed by atoms with E-state index in [1.807, 2.05) is 0 Å². The quantitative estimate of drug-likeness (QED) is 0.534. The number of aromatic nitrogens is 3. The lowest BCUT2D eigenvalue weighted by Gasteiger charge is -2.31. The molecular formula is C26H38N6O4S. The maximum absolute atomic E-state index is 12.8. The van der Waals surface area contributed by atoms with Crippen molar-refractivity contribution in [1.29, 1.82) is 0 Å². The monoisotopic (exact) mass is 530 g/mol. The summed E-state index contributed by atoms with van der Waals surface area (Å²) in [5.41, 5.74) is -0.634. The first kappa shape index (κ1) is 26.3. The van der Waals surface area contributed by atoms with Crippen molar-refractivity contribution in [1.82, 2.24) is 23.7 Å². The minimum atomic E-state index is -3.42. The summed E-state index contributed by atoms with van der Waals surface area (Å²) in [6.07, 6.45) is 10.2. The lowest BCUT2D eigenvalue weighted by molar-refractivity contribution is 0.0267. The van der Waals surface area contributed by atoms with E-state index >= 15 is 0 Å². The minimum Gasteiger partial charge on any atom is -0.388 e. The highest BCUT2D eigenvalue weighted by atomic mass is 32.2. The summed E-state index contributed by atoms with van der Waals surface area (Å²) in [5, 5.41) is 16.3. The van der Waals surface area contributed by atoms with Gasteiger partial charge in [-0.2, -0.15) is 9.29 Å². The van der Waals surface area contributed by atoms with Crippen molar-refractivity contribution in [2.75, 3.05) is 38.0 Å². The molecule has 0 unspecified atom stereocenters. The Morgan fingerprint density at radius 2 is 1.89 bits per heavy atom. The number of fused-ring (bicyclic) bond motifs is 1. The maximum atomic E-state index is 12.8. The predicted octanol–water partition coefficient (Wildman–Crippen LogP) is 2.47. The average Bonchev–Trinajstić information content (AvgIpc) is 3.51. The zero-order valence-corrected chi connectivity index (χ0v) is 22.4. The van der Waals surface area contributed by atoms with Gasteiger partial charge in [-0.1, -0.05) is 6.08 Å². The molecule has 202 valence electrons. The molecule has 2 atom stereocenters. The Kier molecular flexibility index (Phi) is 7.67. The topological polar surface area (TPSA) is 121 Å². The van der Waals surface area contributed by atoms with E-state index < -0.39 is 15.6 Å². The van der Waals surface area contributed by atoms with E-state index in [-0.39, 0.29) is 17.6 Å². The molecule has 1 aliphatic carbocycles. The standard InChI is InChI=1S/C26H38N6O4S/c1-26(34)12-6-7-22(26)32-23(33)9-8-20-19-27-25(29-24(20)32)28-21-10-16-31(17-11-21)37(35,36)18-5-4-15-30-13-2-3-14-30/h5,8-9,18-19,21-22,34H,2-4,6-7,10-17H2,1H3,(H,27,28,29)/b18-5+/t22-,26-/m1/s1. The normalized spacial score (nSPS) is 26.5. The van der Waals surface area contributed by atoms with Gasteiger partial charge in [0.2, 0.25) is 16.0 Å². The Hall–Kier alpha value is -2.34. The van der Waals surface area contributed by atoms with Crippen LogP contribution in [-0.4, -0.2) is 81.6 Å². The van der Waals surface area contributed by atoms with Crippen molar-refractivity contribution in [3.63, 3.8) is 0 Å². The highest BCUT2D eigenvalue weighted by Gasteiger charge is 2.39. The number of anilines is 1. The van der Waals surface area contributed by atoms with Crippen molar-refractivity contribution in [2.24, 2.45) is 0 Å². The van der Waals surface area contributed by atoms with Gasteiger partial charge < -0.3 is 15.3 Å². The summed E-state index contributed by atoms with van der Waals surface area (Å²) < 4.78 is 28.7. The third-order valence-corrected chi connectivity index (χ3v) is 9.70. The SMILES string of the molecule is C[C@@]1(O)CCC[C@H]1n1c(=O)ccc2cnc(NC3CCN(S(=O)(=O)/C=C/CCN4CCCC4)CC3)nc21. The molecule has 0 radical (unpaired) electrons. The second-order valence-corrected chi connectivity index (χ2v) is 12.7. The van der Waals surface area contributed by atoms with Gasteiger partial charge in [0, 0.05) is 48.7 Å². The molecule has 0 aromatic carbocycles. The van der Waals surface area contributed by atoms with E-state index in [9.17, 15) is 18.3 Å². The smallest absolute Gasteiger partial charge is 0.252 e. The number of aliphatic hydroxyl groups is 1. The number of rotatable bonds is 8. The molecule has 0 amide bonds. The number of pyridine rings is 1. The minimum absolute atomic E-state index is 0.0292. The third kappa shape index (κ3) is 5.89. The van der Waals surface area contributed by atoms with Gasteiger partial charge in [-0.15, -0.1) is 0 Å². The predicted molar refractivity (Wildman–Crippen MR) is 144 cm³/mol. The highest BCUT2D eigenvalue weighted by molar-refractivity contribution is 7.92. The number of hydrogen-bond donors (Lipinski definition) is 2. The Morgan fingerprint density at radius 3 is 2.59 bits per heavy atom. The van der Waals surface area contributed by atoms with E-state index in [1.54, 1.807) is 34.1 Å². The number of likely N-dealkylation sites (tertiary alicyclic amines) is 1. The van der Waals surface area contributed by atoms with Crippen LogP contribution in [0.25, 0.3) is 11.0 Å². The van der Waals surface area contributed by atoms with Crippen molar-refractivity contribution in [2.45, 2.75) is 76.0 Å². The number of piperidine rings is 1. The summed E-state index contributed by atoms with van der Waals surface area (Å²) in [6, 6.07) is 2.92. The van der Waals surface area contributed by atoms with Gasteiger partial charge in [0.05, 0.1) is 11.6 Å². The molecule has 1 saturated carbocycles. The fourth-order valence-electron chi connectivity index (χ4n) is 5.92. The van der Waals surface area contributed by atoms with Gasteiger partial charge >= 0.3 is 0 Å². The molecule has 37 heavy (non-hydrogen) atoms. The van der Waals surface area contributed by atoms with E-state index in [4.69, 9.17) is 0 Å². The molecule has 4 heterocycles. The van der Waals surface area contributed by atoms with Crippen LogP contribution in [0.5, 0.6) is 0 Å². The van der Waals surface area contributed by atoms with E-state index in [1.165, 1.54) is 24.3 Å². The van der Waals surface area contributed by atoms with Crippen LogP contribution in [0, 0.1) is 0 Å². The lowest BCUT2D eigenvalue weighted by atomic mass is 10.00. The van der Waals surface area contributed by atoms with Gasteiger partial charge in [-0.3, -0.25) is 9.36 Å². The van der Waals surface area contributed by atoms with Crippen LogP contribution in [0.3, 0.4) is 0 Å². The molecule has 0 bridgehead atoms. The number of sulfonamides is 1. The molecule has 10 nitrogen and oxygen atoms in total. The van der Waals surface area contributed by atoms with Crippen LogP contribution >= 0.6 is 0 Å². The van der Waals surface area contributed by atoms with Crippen LogP contribution in [-0.2, 0) is 10.0 Å². The zero-order valence-electron chi connectivity index (χ0n) is 21.6. The van der Waals surface area contributed by atoms with Gasteiger partial charge in [0.15, 0.2) is 0 Å². The Morgan fingerprint density at radius 1 is 1.14 bits per heavy atom. The zero-order chi connectivity index (χ0) is 26.0. The summed E-state index contributed by atoms with van der Waals surface area (Å²) >= 11 is 0. The number of nitrogens with zero attached hydrogens (tertiary/aromatic N) is 5. The van der Waals surface area contributed by atoms with Crippen LogP contribution in [0.1, 0.15) is 64.3 Å². The van der Waals surface area contributed by atoms with Crippen molar-refractivity contribution in [3.05, 3.63) is 40.2 Å². The van der Waals surface area contributed by atoms with Gasteiger partial charge in [-0.25, -0.2) is 13.4 Å². The molecule has 2 saturated heterocycles. The van der Waals surface area contributed by atoms with Gasteiger partial charge in [0.1, 0.15) is 5.65 Å². The second-order valence-electron chi connectivity index (χ2n) is 10.9. The average molecular weight is 531 g/mol. The second kappa shape index (κ2) is 10.8. The first-order valence-corrected chi connectivity index (χ1v) is 15.0. The van der Waals surface area contributed by atoms with E-state index in [0.29, 0.717) is 43.9 Å². The Balaban J connectivity index is 1.22. The lowest BCUT2D eigenvalue weighted by Crippen LogP contribution is -2.41. The molecule has 2 aliphatic heterocycles. The van der Waals surface area contributed by atoms with E-state index in [0.717, 1.165) is 44.3 Å². The molecular weight excluding hydrogens is 492 g/mol. The van der Waals surface area contributed by atoms with Crippen LogP contribution in [0.2, 0.25) is 0 Å². The van der Waals surface area contributed by atoms with Crippen molar-refractivity contribution < 1.29 is 13.5 Å². The summed E-state index contributed by atoms with van der Waals surface area (Å²) in [7, 11) is -3.42. The highest BCUT2D eigenvalue weighted by Crippen LogP contribution is 2.39. The molecule has 5 rings (SSSR count). The van der Waals surface area contributed by atoms with Crippen LogP contribution < -0.4 is 10.9 Å². The molecule has 2 N–H and O–H groups in total. The molecule has 2 aromatic rings. The Labute approximate surface area is 218 Å². The molecule has 3 aliphatic rings. The summed E-state index contributed by atoms with van der Waals surface area (Å²) in [6.45, 7) is 5.78. The van der Waals surface area contributed by atoms with E-state index in [2.05, 4.69) is 20.2 Å².